The second-order valence-electron chi connectivity index (χ2n) is 12.6. The predicted octanol–water partition coefficient (Wildman–Crippen LogP) is 6.25. The molecule has 0 aliphatic carbocycles. The van der Waals surface area contributed by atoms with Crippen molar-refractivity contribution < 1.29 is 12.8 Å². The fourth-order valence-electron chi connectivity index (χ4n) is 7.13. The van der Waals surface area contributed by atoms with Gasteiger partial charge in [0.2, 0.25) is 0 Å². The molecule has 8 heteroatoms. The molecular weight excluding hydrogens is 523 g/mol. The Morgan fingerprint density at radius 2 is 1.73 bits per heavy atom. The summed E-state index contributed by atoms with van der Waals surface area (Å²) in [6.07, 6.45) is 6.77. The number of fused-ring (bicyclic) bond motifs is 1. The van der Waals surface area contributed by atoms with Crippen LogP contribution in [0.15, 0.2) is 41.3 Å². The summed E-state index contributed by atoms with van der Waals surface area (Å²) in [5, 5.41) is 0. The third-order valence-electron chi connectivity index (χ3n) is 9.29. The summed E-state index contributed by atoms with van der Waals surface area (Å²) < 4.78 is 41.5. The molecule has 3 unspecified atom stereocenters. The molecule has 3 aromatic rings. The molecule has 6 nitrogen and oxygen atoms in total. The van der Waals surface area contributed by atoms with Crippen molar-refractivity contribution in [2.75, 3.05) is 25.9 Å². The Hall–Kier alpha value is -2.29. The number of sulfone groups is 1. The van der Waals surface area contributed by atoms with E-state index in [1.165, 1.54) is 32.1 Å². The van der Waals surface area contributed by atoms with Crippen molar-refractivity contribution in [2.24, 2.45) is 13.0 Å². The van der Waals surface area contributed by atoms with E-state index in [4.69, 9.17) is 4.98 Å². The molecule has 3 atom stereocenters. The second-order valence-corrected chi connectivity index (χ2v) is 14.6. The van der Waals surface area contributed by atoms with E-state index >= 15 is 4.39 Å². The van der Waals surface area contributed by atoms with E-state index in [1.807, 2.05) is 23.7 Å². The minimum Gasteiger partial charge on any atom is -0.327 e. The van der Waals surface area contributed by atoms with Gasteiger partial charge in [-0.25, -0.2) is 17.8 Å². The number of likely N-dealkylation sites (tertiary alicyclic amines) is 2. The first kappa shape index (κ1) is 29.2. The number of hydrogen-bond acceptors (Lipinski definition) is 5. The Balaban J connectivity index is 1.30. The largest absolute Gasteiger partial charge is 0.327 e. The van der Waals surface area contributed by atoms with E-state index in [9.17, 15) is 8.42 Å². The third kappa shape index (κ3) is 5.72. The zero-order valence-corrected chi connectivity index (χ0v) is 25.7. The van der Waals surface area contributed by atoms with E-state index in [0.29, 0.717) is 35.4 Å². The van der Waals surface area contributed by atoms with Crippen molar-refractivity contribution in [2.45, 2.75) is 88.7 Å². The van der Waals surface area contributed by atoms with Crippen LogP contribution in [0.25, 0.3) is 22.4 Å². The Kier molecular flexibility index (Phi) is 8.42. The SMILES string of the molecule is CCC1CC(N2CCC(c3ccc4c(nc(-c5ccc(S(C)(=O)=O)cc5)n4C)c3F)CC2)CC(C)N1CC(C)C. The first-order valence-electron chi connectivity index (χ1n) is 14.9. The van der Waals surface area contributed by atoms with E-state index in [1.54, 1.807) is 24.3 Å². The van der Waals surface area contributed by atoms with E-state index in [0.717, 1.165) is 42.6 Å². The lowest BCUT2D eigenvalue weighted by Crippen LogP contribution is -2.55. The highest BCUT2D eigenvalue weighted by molar-refractivity contribution is 7.90. The number of piperidine rings is 2. The molecule has 2 fully saturated rings. The van der Waals surface area contributed by atoms with Gasteiger partial charge in [-0.1, -0.05) is 26.8 Å². The number of nitrogens with zero attached hydrogens (tertiary/aromatic N) is 4. The van der Waals surface area contributed by atoms with Crippen LogP contribution in [-0.2, 0) is 16.9 Å². The Morgan fingerprint density at radius 3 is 2.33 bits per heavy atom. The van der Waals surface area contributed by atoms with Crippen LogP contribution < -0.4 is 0 Å². The van der Waals surface area contributed by atoms with Gasteiger partial charge >= 0.3 is 0 Å². The number of aromatic nitrogens is 2. The van der Waals surface area contributed by atoms with Gasteiger partial charge in [-0.15, -0.1) is 0 Å². The average Bonchev–Trinajstić information content (AvgIpc) is 3.26. The van der Waals surface area contributed by atoms with Crippen LogP contribution in [0.1, 0.15) is 71.3 Å². The number of hydrogen-bond donors (Lipinski definition) is 0. The van der Waals surface area contributed by atoms with Gasteiger partial charge in [-0.3, -0.25) is 4.90 Å². The van der Waals surface area contributed by atoms with Gasteiger partial charge in [0.1, 0.15) is 11.3 Å². The van der Waals surface area contributed by atoms with E-state index in [-0.39, 0.29) is 16.6 Å². The van der Waals surface area contributed by atoms with Crippen molar-refractivity contribution in [3.8, 4) is 11.4 Å². The van der Waals surface area contributed by atoms with Gasteiger partial charge in [-0.2, -0.15) is 0 Å². The Labute approximate surface area is 239 Å². The summed E-state index contributed by atoms with van der Waals surface area (Å²) in [6.45, 7) is 12.6. The van der Waals surface area contributed by atoms with Gasteiger partial charge in [0, 0.05) is 43.5 Å². The maximum Gasteiger partial charge on any atom is 0.175 e. The minimum atomic E-state index is -3.28. The lowest BCUT2D eigenvalue weighted by Gasteiger charge is -2.49. The van der Waals surface area contributed by atoms with E-state index in [2.05, 4.69) is 37.5 Å². The molecule has 40 heavy (non-hydrogen) atoms. The Morgan fingerprint density at radius 1 is 1.05 bits per heavy atom. The van der Waals surface area contributed by atoms with Gasteiger partial charge in [-0.05, 0) is 99.8 Å². The van der Waals surface area contributed by atoms with E-state index < -0.39 is 9.84 Å². The molecule has 1 aromatic heterocycles. The van der Waals surface area contributed by atoms with Crippen LogP contribution in [-0.4, -0.2) is 71.8 Å². The summed E-state index contributed by atoms with van der Waals surface area (Å²) in [7, 11) is -1.40. The number of imidazole rings is 1. The van der Waals surface area contributed by atoms with Gasteiger partial charge in [0.25, 0.3) is 0 Å². The molecule has 0 bridgehead atoms. The maximum atomic E-state index is 16.0. The van der Waals surface area contributed by atoms with Crippen LogP contribution in [0.3, 0.4) is 0 Å². The van der Waals surface area contributed by atoms with Gasteiger partial charge in [0.05, 0.1) is 10.4 Å². The van der Waals surface area contributed by atoms with Crippen LogP contribution in [0.5, 0.6) is 0 Å². The molecule has 3 heterocycles. The van der Waals surface area contributed by atoms with Crippen molar-refractivity contribution >= 4 is 20.9 Å². The molecule has 2 aromatic carbocycles. The molecule has 0 N–H and O–H groups in total. The van der Waals surface area contributed by atoms with Crippen molar-refractivity contribution in [3.63, 3.8) is 0 Å². The minimum absolute atomic E-state index is 0.195. The van der Waals surface area contributed by atoms with Crippen LogP contribution >= 0.6 is 0 Å². The highest BCUT2D eigenvalue weighted by Crippen LogP contribution is 2.37. The Bertz CT molecular complexity index is 1440. The lowest BCUT2D eigenvalue weighted by molar-refractivity contribution is 0.0112. The number of rotatable bonds is 7. The fourth-order valence-corrected chi connectivity index (χ4v) is 7.76. The first-order chi connectivity index (χ1) is 19.0. The quantitative estimate of drug-likeness (QED) is 0.337. The normalized spacial score (nSPS) is 23.9. The second kappa shape index (κ2) is 11.5. The molecule has 2 aliphatic rings. The summed E-state index contributed by atoms with van der Waals surface area (Å²) in [5.74, 6) is 1.30. The van der Waals surface area contributed by atoms with Crippen molar-refractivity contribution in [1.29, 1.82) is 0 Å². The predicted molar refractivity (Wildman–Crippen MR) is 161 cm³/mol. The topological polar surface area (TPSA) is 58.4 Å². The van der Waals surface area contributed by atoms with Crippen LogP contribution in [0, 0.1) is 11.7 Å². The first-order valence-corrected chi connectivity index (χ1v) is 16.8. The van der Waals surface area contributed by atoms with Gasteiger partial charge in [0.15, 0.2) is 15.7 Å². The number of halogens is 1. The molecular formula is C32H45FN4O2S. The molecule has 5 rings (SSSR count). The monoisotopic (exact) mass is 568 g/mol. The zero-order chi connectivity index (χ0) is 28.8. The third-order valence-corrected chi connectivity index (χ3v) is 10.4. The average molecular weight is 569 g/mol. The molecule has 0 spiro atoms. The summed E-state index contributed by atoms with van der Waals surface area (Å²) in [5.41, 5.74) is 2.67. The molecule has 2 saturated heterocycles. The standard InChI is InChI=1S/C32H45FN4O2S/c1-7-25-19-26(18-22(4)37(25)20-21(2)3)36-16-14-23(15-17-36)28-12-13-29-31(30(28)33)34-32(35(29)5)24-8-10-27(11-9-24)40(6,38)39/h8-13,21-23,25-26H,7,14-20H2,1-6H3. The molecule has 0 amide bonds. The smallest absolute Gasteiger partial charge is 0.175 e. The summed E-state index contributed by atoms with van der Waals surface area (Å²) >= 11 is 0. The fraction of sp³-hybridized carbons (Fsp3) is 0.594. The lowest BCUT2D eigenvalue weighted by atomic mass is 9.84. The number of benzene rings is 2. The summed E-state index contributed by atoms with van der Waals surface area (Å²) in [6, 6.07) is 12.4. The molecule has 218 valence electrons. The highest BCUT2D eigenvalue weighted by Gasteiger charge is 2.37. The summed E-state index contributed by atoms with van der Waals surface area (Å²) in [4.78, 5) is 10.4. The molecule has 0 radical (unpaired) electrons. The zero-order valence-electron chi connectivity index (χ0n) is 24.9. The highest BCUT2D eigenvalue weighted by atomic mass is 32.2. The molecule has 0 saturated carbocycles. The molecule has 2 aliphatic heterocycles. The van der Waals surface area contributed by atoms with Crippen LogP contribution in [0.2, 0.25) is 0 Å². The van der Waals surface area contributed by atoms with Crippen molar-refractivity contribution in [1.82, 2.24) is 19.4 Å². The van der Waals surface area contributed by atoms with Crippen molar-refractivity contribution in [3.05, 3.63) is 47.8 Å². The maximum absolute atomic E-state index is 16.0. The van der Waals surface area contributed by atoms with Crippen LogP contribution in [0.4, 0.5) is 4.39 Å². The van der Waals surface area contributed by atoms with Gasteiger partial charge < -0.3 is 9.47 Å². The number of aryl methyl sites for hydroxylation is 1.